The number of piperidine rings is 1. The van der Waals surface area contributed by atoms with E-state index in [0.29, 0.717) is 46.4 Å². The number of carbonyl (C=O) groups is 1. The van der Waals surface area contributed by atoms with Gasteiger partial charge < -0.3 is 10.2 Å². The van der Waals surface area contributed by atoms with Gasteiger partial charge in [0, 0.05) is 24.8 Å². The summed E-state index contributed by atoms with van der Waals surface area (Å²) < 4.78 is 16.6. The van der Waals surface area contributed by atoms with Gasteiger partial charge in [0.05, 0.1) is 17.8 Å². The van der Waals surface area contributed by atoms with Crippen molar-refractivity contribution >= 4 is 29.9 Å². The largest absolute Gasteiger partial charge is 0.326 e. The van der Waals surface area contributed by atoms with E-state index in [1.807, 2.05) is 21.9 Å². The highest BCUT2D eigenvalue weighted by Crippen LogP contribution is 2.32. The zero-order valence-electron chi connectivity index (χ0n) is 21.3. The van der Waals surface area contributed by atoms with Gasteiger partial charge in [-0.05, 0) is 61.5 Å². The van der Waals surface area contributed by atoms with Gasteiger partial charge >= 0.3 is 6.03 Å². The van der Waals surface area contributed by atoms with Gasteiger partial charge in [0.2, 0.25) is 0 Å². The first-order valence-electron chi connectivity index (χ1n) is 12.8. The molecule has 0 spiro atoms. The fourth-order valence-electron chi connectivity index (χ4n) is 5.39. The molecule has 0 saturated carbocycles. The molecular formula is C26H31ClFN9O. The number of aromatic nitrogens is 6. The molecule has 5 heterocycles. The second kappa shape index (κ2) is 10.7. The fourth-order valence-corrected chi connectivity index (χ4v) is 5.39. The molecule has 200 valence electrons. The third-order valence-electron chi connectivity index (χ3n) is 7.47. The maximum Gasteiger partial charge on any atom is 0.326 e. The number of anilines is 1. The highest BCUT2D eigenvalue weighted by atomic mass is 35.5. The van der Waals surface area contributed by atoms with Crippen LogP contribution in [-0.4, -0.2) is 72.9 Å². The molecule has 6 rings (SSSR count). The van der Waals surface area contributed by atoms with Crippen LogP contribution >= 0.6 is 12.4 Å². The average molecular weight is 540 g/mol. The Hall–Kier alpha value is -3.57. The van der Waals surface area contributed by atoms with Gasteiger partial charge in [-0.15, -0.1) is 12.4 Å². The third kappa shape index (κ3) is 4.71. The summed E-state index contributed by atoms with van der Waals surface area (Å²) in [5, 5.41) is 14.3. The highest BCUT2D eigenvalue weighted by molar-refractivity contribution is 5.94. The summed E-state index contributed by atoms with van der Waals surface area (Å²) in [7, 11) is 0. The van der Waals surface area contributed by atoms with E-state index in [-0.39, 0.29) is 30.4 Å². The van der Waals surface area contributed by atoms with Gasteiger partial charge in [-0.1, -0.05) is 19.9 Å². The number of hydrogen-bond acceptors (Lipinski definition) is 6. The first-order chi connectivity index (χ1) is 18.0. The van der Waals surface area contributed by atoms with Crippen molar-refractivity contribution < 1.29 is 9.18 Å². The van der Waals surface area contributed by atoms with Crippen molar-refractivity contribution in [2.75, 3.05) is 31.1 Å². The lowest BCUT2D eigenvalue weighted by atomic mass is 9.97. The Morgan fingerprint density at radius 1 is 1.16 bits per heavy atom. The highest BCUT2D eigenvalue weighted by Gasteiger charge is 2.41. The monoisotopic (exact) mass is 539 g/mol. The van der Waals surface area contributed by atoms with Crippen molar-refractivity contribution in [3.8, 4) is 22.5 Å². The molecule has 0 unspecified atom stereocenters. The van der Waals surface area contributed by atoms with Crippen LogP contribution in [0.2, 0.25) is 0 Å². The van der Waals surface area contributed by atoms with E-state index in [9.17, 15) is 9.18 Å². The molecule has 0 radical (unpaired) electrons. The number of H-pyrrole nitrogens is 1. The van der Waals surface area contributed by atoms with Crippen LogP contribution in [0.1, 0.15) is 26.7 Å². The Bertz CT molecular complexity index is 1420. The summed E-state index contributed by atoms with van der Waals surface area (Å²) in [6.45, 7) is 7.75. The molecule has 1 aromatic carbocycles. The van der Waals surface area contributed by atoms with Crippen molar-refractivity contribution in [2.24, 2.45) is 11.8 Å². The van der Waals surface area contributed by atoms with Gasteiger partial charge in [-0.25, -0.2) is 23.7 Å². The molecule has 2 aliphatic rings. The van der Waals surface area contributed by atoms with Crippen molar-refractivity contribution in [3.05, 3.63) is 48.8 Å². The lowest BCUT2D eigenvalue weighted by Gasteiger charge is -2.27. The maximum absolute atomic E-state index is 15.0. The standard InChI is InChI=1S/C26H30FN9O.ClH/c1-16(2)22-14-34(13-17-5-8-28-9-6-17)26(37)36(22)23-7-10-35-25(32-23)20(12-31-35)18-3-4-19(21(27)11-18)24-29-15-30-33-24;/h3-4,7,10-12,15-17,22,28H,5-6,8-9,13-14H2,1-2H3,(H,29,30,33);1H/t22-;/m1./s1. The molecule has 4 aromatic rings. The molecule has 1 atom stereocenters. The van der Waals surface area contributed by atoms with Crippen LogP contribution < -0.4 is 10.2 Å². The zero-order valence-corrected chi connectivity index (χ0v) is 22.2. The summed E-state index contributed by atoms with van der Waals surface area (Å²) in [5.41, 5.74) is 2.23. The van der Waals surface area contributed by atoms with Gasteiger partial charge in [0.1, 0.15) is 18.0 Å². The molecule has 0 bridgehead atoms. The summed E-state index contributed by atoms with van der Waals surface area (Å²) in [4.78, 5) is 26.4. The number of benzene rings is 1. The molecule has 2 aliphatic heterocycles. The Morgan fingerprint density at radius 3 is 2.68 bits per heavy atom. The van der Waals surface area contributed by atoms with Gasteiger partial charge in [0.25, 0.3) is 0 Å². The summed E-state index contributed by atoms with van der Waals surface area (Å²) in [6.07, 6.45) is 7.00. The smallest absolute Gasteiger partial charge is 0.322 e. The number of nitrogens with one attached hydrogen (secondary N) is 2. The van der Waals surface area contributed by atoms with Gasteiger partial charge in [-0.3, -0.25) is 10.00 Å². The Balaban J connectivity index is 0.00000294. The topological polar surface area (TPSA) is 107 Å². The predicted molar refractivity (Wildman–Crippen MR) is 145 cm³/mol. The first kappa shape index (κ1) is 26.1. The first-order valence-corrected chi connectivity index (χ1v) is 12.8. The predicted octanol–water partition coefficient (Wildman–Crippen LogP) is 4.01. The Labute approximate surface area is 226 Å². The molecule has 2 fully saturated rings. The third-order valence-corrected chi connectivity index (χ3v) is 7.47. The molecule has 2 saturated heterocycles. The molecule has 0 aliphatic carbocycles. The quantitative estimate of drug-likeness (QED) is 0.383. The van der Waals surface area contributed by atoms with Crippen molar-refractivity contribution in [3.63, 3.8) is 0 Å². The van der Waals surface area contributed by atoms with Crippen LogP contribution in [0.15, 0.2) is 43.0 Å². The van der Waals surface area contributed by atoms with Gasteiger partial charge in [-0.2, -0.15) is 10.2 Å². The minimum Gasteiger partial charge on any atom is -0.322 e. The van der Waals surface area contributed by atoms with E-state index in [1.54, 1.807) is 23.0 Å². The number of halogens is 2. The Kier molecular flexibility index (Phi) is 7.31. The van der Waals surface area contributed by atoms with E-state index in [2.05, 4.69) is 39.4 Å². The van der Waals surface area contributed by atoms with Crippen molar-refractivity contribution in [1.82, 2.24) is 40.0 Å². The normalized spacial score (nSPS) is 18.5. The number of hydrogen-bond donors (Lipinski definition) is 2. The van der Waals surface area contributed by atoms with Crippen LogP contribution in [0.5, 0.6) is 0 Å². The number of nitrogens with zero attached hydrogens (tertiary/aromatic N) is 7. The number of carbonyl (C=O) groups excluding carboxylic acids is 1. The van der Waals surface area contributed by atoms with Crippen molar-refractivity contribution in [2.45, 2.75) is 32.7 Å². The van der Waals surface area contributed by atoms with Crippen LogP contribution in [0, 0.1) is 17.7 Å². The van der Waals surface area contributed by atoms with E-state index in [4.69, 9.17) is 4.98 Å². The van der Waals surface area contributed by atoms with Crippen LogP contribution in [0.25, 0.3) is 28.2 Å². The summed E-state index contributed by atoms with van der Waals surface area (Å²) >= 11 is 0. The molecule has 2 amide bonds. The minimum absolute atomic E-state index is 0. The van der Waals surface area contributed by atoms with Crippen LogP contribution in [-0.2, 0) is 0 Å². The van der Waals surface area contributed by atoms with Gasteiger partial charge in [0.15, 0.2) is 11.5 Å². The van der Waals surface area contributed by atoms with E-state index >= 15 is 0 Å². The number of amides is 2. The second-order valence-electron chi connectivity index (χ2n) is 10.2. The SMILES string of the molecule is CC(C)[C@H]1CN(CC2CCNCC2)C(=O)N1c1ccn2ncc(-c3ccc(-c4ncn[nH]4)c(F)c3)c2n1.Cl. The molecular weight excluding hydrogens is 509 g/mol. The fraction of sp³-hybridized carbons (Fsp3) is 0.423. The average Bonchev–Trinajstić information content (AvgIpc) is 3.64. The number of urea groups is 1. The lowest BCUT2D eigenvalue weighted by Crippen LogP contribution is -2.40. The minimum atomic E-state index is -0.423. The molecule has 3 aromatic heterocycles. The van der Waals surface area contributed by atoms with E-state index in [1.165, 1.54) is 12.4 Å². The van der Waals surface area contributed by atoms with Crippen molar-refractivity contribution in [1.29, 1.82) is 0 Å². The zero-order chi connectivity index (χ0) is 25.5. The molecule has 2 N–H and O–H groups in total. The van der Waals surface area contributed by atoms with E-state index in [0.717, 1.165) is 32.5 Å². The number of rotatable bonds is 6. The maximum atomic E-state index is 15.0. The van der Waals surface area contributed by atoms with E-state index < -0.39 is 5.82 Å². The molecule has 10 nitrogen and oxygen atoms in total. The molecule has 12 heteroatoms. The Morgan fingerprint density at radius 2 is 1.97 bits per heavy atom. The molecule has 38 heavy (non-hydrogen) atoms. The number of fused-ring (bicyclic) bond motifs is 1. The lowest BCUT2D eigenvalue weighted by molar-refractivity contribution is 0.202. The summed E-state index contributed by atoms with van der Waals surface area (Å²) in [6, 6.07) is 6.77. The number of aromatic amines is 1. The van der Waals surface area contributed by atoms with Crippen LogP contribution in [0.4, 0.5) is 15.0 Å². The second-order valence-corrected chi connectivity index (χ2v) is 10.2. The van der Waals surface area contributed by atoms with Crippen LogP contribution in [0.3, 0.4) is 0 Å². The summed E-state index contributed by atoms with van der Waals surface area (Å²) in [5.74, 6) is 1.31.